The van der Waals surface area contributed by atoms with Crippen LogP contribution in [0.25, 0.3) is 0 Å². The predicted molar refractivity (Wildman–Crippen MR) is 56.9 cm³/mol. The minimum absolute atomic E-state index is 0.708. The van der Waals surface area contributed by atoms with Crippen molar-refractivity contribution in [2.75, 3.05) is 0 Å². The van der Waals surface area contributed by atoms with Crippen LogP contribution in [0.2, 0.25) is 0 Å². The Labute approximate surface area is 93.2 Å². The Kier molecular flexibility index (Phi) is 10.3. The first kappa shape index (κ1) is 16.8. The molecule has 0 fully saturated rings. The topological polar surface area (TPSA) is 115 Å². The lowest BCUT2D eigenvalue weighted by molar-refractivity contribution is -0.135. The second kappa shape index (κ2) is 9.88. The first-order valence-electron chi connectivity index (χ1n) is 4.37. The van der Waals surface area contributed by atoms with Crippen LogP contribution in [0.15, 0.2) is 24.3 Å². The Hall–Kier alpha value is -1.66. The molecule has 0 saturated heterocycles. The van der Waals surface area contributed by atoms with E-state index in [0.29, 0.717) is 0 Å². The first-order chi connectivity index (χ1) is 7.27. The molecule has 0 amide bonds. The maximum atomic E-state index is 9.00. The Morgan fingerprint density at radius 2 is 1.06 bits per heavy atom. The summed E-state index contributed by atoms with van der Waals surface area (Å²) in [4.78, 5) is 18.0. The number of carboxylic acid groups (broad SMARTS) is 2. The highest BCUT2D eigenvalue weighted by Gasteiger charge is 2.09. The van der Waals surface area contributed by atoms with Gasteiger partial charge in [-0.2, -0.15) is 0 Å². The van der Waals surface area contributed by atoms with Crippen molar-refractivity contribution < 1.29 is 30.0 Å². The maximum absolute atomic E-state index is 9.00. The molecule has 92 valence electrons. The molecule has 0 saturated carbocycles. The summed E-state index contributed by atoms with van der Waals surface area (Å²) in [5.41, 5.74) is 0. The second-order valence-corrected chi connectivity index (χ2v) is 2.79. The van der Waals surface area contributed by atoms with Gasteiger partial charge in [-0.3, -0.25) is 9.59 Å². The van der Waals surface area contributed by atoms with Crippen molar-refractivity contribution in [1.82, 2.24) is 0 Å². The lowest BCUT2D eigenvalue weighted by Crippen LogP contribution is -2.22. The van der Waals surface area contributed by atoms with Crippen LogP contribution >= 0.6 is 0 Å². The molecule has 1 aliphatic carbocycles. The molecular weight excluding hydrogens is 216 g/mol. The molecule has 1 aliphatic rings. The van der Waals surface area contributed by atoms with Gasteiger partial charge in [0.25, 0.3) is 11.9 Å². The van der Waals surface area contributed by atoms with Crippen LogP contribution in [0, 0.1) is 0 Å². The van der Waals surface area contributed by atoms with E-state index in [4.69, 9.17) is 30.0 Å². The molecule has 0 bridgehead atoms. The van der Waals surface area contributed by atoms with Crippen LogP contribution in [-0.4, -0.2) is 44.6 Å². The predicted octanol–water partition coefficient (Wildman–Crippen LogP) is 0.0160. The smallest absolute Gasteiger partial charge is 0.300 e. The van der Waals surface area contributed by atoms with Gasteiger partial charge >= 0.3 is 0 Å². The van der Waals surface area contributed by atoms with E-state index >= 15 is 0 Å². The fourth-order valence-corrected chi connectivity index (χ4v) is 0.584. The number of hydrogen-bond donors (Lipinski definition) is 4. The molecule has 0 unspecified atom stereocenters. The number of rotatable bonds is 0. The molecule has 0 heterocycles. The third-order valence-electron chi connectivity index (χ3n) is 1.08. The lowest BCUT2D eigenvalue weighted by Gasteiger charge is -2.11. The zero-order valence-electron chi connectivity index (χ0n) is 9.07. The zero-order valence-corrected chi connectivity index (χ0v) is 9.07. The molecule has 0 spiro atoms. The van der Waals surface area contributed by atoms with Crippen molar-refractivity contribution >= 4 is 11.9 Å². The number of aliphatic hydroxyl groups is 2. The van der Waals surface area contributed by atoms with Crippen molar-refractivity contribution in [3.63, 3.8) is 0 Å². The van der Waals surface area contributed by atoms with E-state index < -0.39 is 24.1 Å². The van der Waals surface area contributed by atoms with Crippen molar-refractivity contribution in [2.24, 2.45) is 0 Å². The standard InChI is InChI=1S/C6H8O2.2C2H4O2/c7-5-3-1-2-4-6(5)8;2*1-2(3)4/h1-8H;2*1H3,(H,3,4)/t5-,6-;;/m1../s1. The van der Waals surface area contributed by atoms with Crippen molar-refractivity contribution in [3.05, 3.63) is 24.3 Å². The fourth-order valence-electron chi connectivity index (χ4n) is 0.584. The molecular formula is C10H16O6. The summed E-state index contributed by atoms with van der Waals surface area (Å²) in [7, 11) is 0. The molecule has 0 aliphatic heterocycles. The van der Waals surface area contributed by atoms with Gasteiger partial charge in [-0.1, -0.05) is 24.3 Å². The van der Waals surface area contributed by atoms with Crippen LogP contribution < -0.4 is 0 Å². The van der Waals surface area contributed by atoms with Gasteiger partial charge < -0.3 is 20.4 Å². The third-order valence-corrected chi connectivity index (χ3v) is 1.08. The van der Waals surface area contributed by atoms with Crippen LogP contribution in [-0.2, 0) is 9.59 Å². The first-order valence-corrected chi connectivity index (χ1v) is 4.37. The molecule has 16 heavy (non-hydrogen) atoms. The van der Waals surface area contributed by atoms with Crippen molar-refractivity contribution in [1.29, 1.82) is 0 Å². The molecule has 0 aromatic heterocycles. The Morgan fingerprint density at radius 1 is 0.875 bits per heavy atom. The zero-order chi connectivity index (χ0) is 13.1. The van der Waals surface area contributed by atoms with E-state index in [0.717, 1.165) is 13.8 Å². The molecule has 6 heteroatoms. The summed E-state index contributed by atoms with van der Waals surface area (Å²) in [5.74, 6) is -1.67. The van der Waals surface area contributed by atoms with E-state index in [1.807, 2.05) is 0 Å². The van der Waals surface area contributed by atoms with E-state index in [9.17, 15) is 0 Å². The van der Waals surface area contributed by atoms with Gasteiger partial charge in [0.15, 0.2) is 0 Å². The van der Waals surface area contributed by atoms with E-state index in [1.165, 1.54) is 0 Å². The van der Waals surface area contributed by atoms with Crippen molar-refractivity contribution in [3.8, 4) is 0 Å². The van der Waals surface area contributed by atoms with Crippen molar-refractivity contribution in [2.45, 2.75) is 26.1 Å². The Morgan fingerprint density at radius 3 is 1.19 bits per heavy atom. The van der Waals surface area contributed by atoms with Gasteiger partial charge in [0.2, 0.25) is 0 Å². The third kappa shape index (κ3) is 18.2. The van der Waals surface area contributed by atoms with E-state index in [-0.39, 0.29) is 0 Å². The number of aliphatic carboxylic acids is 2. The number of hydrogen-bond acceptors (Lipinski definition) is 4. The summed E-state index contributed by atoms with van der Waals surface area (Å²) < 4.78 is 0. The number of allylic oxidation sites excluding steroid dienone is 2. The molecule has 1 rings (SSSR count). The average Bonchev–Trinajstić information content (AvgIpc) is 2.08. The molecule has 4 N–H and O–H groups in total. The number of carbonyl (C=O) groups is 2. The largest absolute Gasteiger partial charge is 0.481 e. The molecule has 0 aromatic carbocycles. The lowest BCUT2D eigenvalue weighted by atomic mass is 10.1. The highest BCUT2D eigenvalue weighted by molar-refractivity contribution is 5.63. The van der Waals surface area contributed by atoms with Gasteiger partial charge in [0.05, 0.1) is 0 Å². The normalized spacial score (nSPS) is 21.0. The monoisotopic (exact) mass is 232 g/mol. The summed E-state index contributed by atoms with van der Waals surface area (Å²) in [5, 5.41) is 32.4. The minimum atomic E-state index is -0.833. The summed E-state index contributed by atoms with van der Waals surface area (Å²) in [6.07, 6.45) is 5.09. The Balaban J connectivity index is 0. The van der Waals surface area contributed by atoms with Gasteiger partial charge in [0.1, 0.15) is 12.2 Å². The maximum Gasteiger partial charge on any atom is 0.300 e. The van der Waals surface area contributed by atoms with Gasteiger partial charge in [0, 0.05) is 13.8 Å². The van der Waals surface area contributed by atoms with Gasteiger partial charge in [-0.15, -0.1) is 0 Å². The summed E-state index contributed by atoms with van der Waals surface area (Å²) >= 11 is 0. The quantitative estimate of drug-likeness (QED) is 0.468. The second-order valence-electron chi connectivity index (χ2n) is 2.79. The van der Waals surface area contributed by atoms with Crippen LogP contribution in [0.1, 0.15) is 13.8 Å². The number of aliphatic hydroxyl groups excluding tert-OH is 2. The Bertz CT molecular complexity index is 232. The SMILES string of the molecule is CC(=O)O.CC(=O)O.O[C@@H]1C=CC=C[C@H]1O. The summed E-state index contributed by atoms with van der Waals surface area (Å²) in [6.45, 7) is 2.17. The van der Waals surface area contributed by atoms with Crippen LogP contribution in [0.4, 0.5) is 0 Å². The highest BCUT2D eigenvalue weighted by Crippen LogP contribution is 2.02. The molecule has 0 radical (unpaired) electrons. The molecule has 2 atom stereocenters. The van der Waals surface area contributed by atoms with E-state index in [1.54, 1.807) is 24.3 Å². The minimum Gasteiger partial charge on any atom is -0.481 e. The van der Waals surface area contributed by atoms with Crippen LogP contribution in [0.5, 0.6) is 0 Å². The van der Waals surface area contributed by atoms with E-state index in [2.05, 4.69) is 0 Å². The summed E-state index contributed by atoms with van der Waals surface area (Å²) in [6, 6.07) is 0. The fraction of sp³-hybridized carbons (Fsp3) is 0.400. The van der Waals surface area contributed by atoms with Gasteiger partial charge in [-0.05, 0) is 0 Å². The van der Waals surface area contributed by atoms with Crippen LogP contribution in [0.3, 0.4) is 0 Å². The highest BCUT2D eigenvalue weighted by atomic mass is 16.4. The van der Waals surface area contributed by atoms with Gasteiger partial charge in [-0.25, -0.2) is 0 Å². The number of carboxylic acids is 2. The molecule has 0 aromatic rings. The molecule has 6 nitrogen and oxygen atoms in total. The average molecular weight is 232 g/mol.